The lowest BCUT2D eigenvalue weighted by Crippen LogP contribution is -2.48. The van der Waals surface area contributed by atoms with Crippen molar-refractivity contribution >= 4 is 12.1 Å². The van der Waals surface area contributed by atoms with E-state index in [2.05, 4.69) is 15.6 Å². The highest BCUT2D eigenvalue weighted by atomic mass is 16.7. The first-order valence-electron chi connectivity index (χ1n) is 3.50. The molecule has 1 atom stereocenters. The number of nitrogens with one attached hydrogen (secondary N) is 2. The molecule has 0 aromatic carbocycles. The van der Waals surface area contributed by atoms with Gasteiger partial charge in [-0.05, 0) is 0 Å². The molecule has 1 unspecified atom stereocenters. The summed E-state index contributed by atoms with van der Waals surface area (Å²) in [5.41, 5.74) is 4.09. The zero-order chi connectivity index (χ0) is 10.6. The topological polar surface area (TPSA) is 135 Å². The highest BCUT2D eigenvalue weighted by Crippen LogP contribution is 1.97. The minimum absolute atomic E-state index is 0.167. The van der Waals surface area contributed by atoms with Crippen molar-refractivity contribution < 1.29 is 10.1 Å². The number of nitrogens with zero attached hydrogens (tertiary/aromatic N) is 4. The Kier molecular flexibility index (Phi) is 2.89. The molecule has 76 valence electrons. The van der Waals surface area contributed by atoms with Gasteiger partial charge in [0, 0.05) is 12.6 Å². The van der Waals surface area contributed by atoms with E-state index in [9.17, 15) is 20.2 Å². The molecule has 0 amide bonds. The zero-order valence-corrected chi connectivity index (χ0v) is 6.78. The second-order valence-corrected chi connectivity index (χ2v) is 2.32. The van der Waals surface area contributed by atoms with Crippen molar-refractivity contribution in [2.24, 2.45) is 10.2 Å². The first kappa shape index (κ1) is 9.83. The first-order valence-corrected chi connectivity index (χ1v) is 3.50. The summed E-state index contributed by atoms with van der Waals surface area (Å²) in [4.78, 5) is 20.1. The van der Waals surface area contributed by atoms with Gasteiger partial charge < -0.3 is 0 Å². The van der Waals surface area contributed by atoms with Gasteiger partial charge in [-0.25, -0.2) is 20.2 Å². The smallest absolute Gasteiger partial charge is 0.225 e. The minimum atomic E-state index is -0.947. The molecule has 0 aromatic rings. The van der Waals surface area contributed by atoms with Crippen molar-refractivity contribution in [2.45, 2.75) is 12.5 Å². The van der Waals surface area contributed by atoms with Gasteiger partial charge in [0.2, 0.25) is 5.84 Å². The molecule has 0 spiro atoms. The van der Waals surface area contributed by atoms with E-state index in [1.54, 1.807) is 0 Å². The summed E-state index contributed by atoms with van der Waals surface area (Å²) in [6.45, 7) is 0. The Morgan fingerprint density at radius 1 is 1.64 bits per heavy atom. The van der Waals surface area contributed by atoms with Gasteiger partial charge in [0.25, 0.3) is 0 Å². The molecule has 0 aliphatic carbocycles. The fourth-order valence-corrected chi connectivity index (χ4v) is 0.881. The predicted molar refractivity (Wildman–Crippen MR) is 44.6 cm³/mol. The quantitative estimate of drug-likeness (QED) is 0.431. The Hall–Kier alpha value is -2.26. The molecule has 0 saturated heterocycles. The van der Waals surface area contributed by atoms with Crippen LogP contribution in [0.2, 0.25) is 0 Å². The van der Waals surface area contributed by atoms with E-state index in [0.29, 0.717) is 0 Å². The lowest BCUT2D eigenvalue weighted by molar-refractivity contribution is -0.548. The van der Waals surface area contributed by atoms with Crippen molar-refractivity contribution in [2.75, 3.05) is 0 Å². The van der Waals surface area contributed by atoms with E-state index < -0.39 is 16.1 Å². The molecule has 0 saturated carbocycles. The van der Waals surface area contributed by atoms with E-state index in [0.717, 1.165) is 0 Å². The second kappa shape index (κ2) is 4.11. The molecule has 10 nitrogen and oxygen atoms in total. The maximum atomic E-state index is 10.1. The van der Waals surface area contributed by atoms with Crippen LogP contribution in [-0.4, -0.2) is 28.2 Å². The van der Waals surface area contributed by atoms with Gasteiger partial charge in [-0.3, -0.25) is 5.43 Å². The molecule has 1 aliphatic rings. The summed E-state index contributed by atoms with van der Waals surface area (Å²) < 4.78 is 0. The maximum absolute atomic E-state index is 10.1. The number of rotatable bonds is 3. The SMILES string of the molecule is O=[N+]([O-])/N=C1\NN=CCC1N[N+](=O)[O-]. The van der Waals surface area contributed by atoms with Crippen LogP contribution in [0.5, 0.6) is 0 Å². The third-order valence-electron chi connectivity index (χ3n) is 1.39. The van der Waals surface area contributed by atoms with E-state index in [1.165, 1.54) is 6.21 Å². The minimum Gasteiger partial charge on any atom is -0.258 e. The van der Waals surface area contributed by atoms with Crippen LogP contribution in [-0.2, 0) is 0 Å². The number of hydrazine groups is 1. The summed E-state index contributed by atoms with van der Waals surface area (Å²) in [6.07, 6.45) is 1.53. The summed E-state index contributed by atoms with van der Waals surface area (Å²) in [5.74, 6) is -0.186. The van der Waals surface area contributed by atoms with Crippen LogP contribution in [0, 0.1) is 20.2 Å². The lowest BCUT2D eigenvalue weighted by Gasteiger charge is -2.14. The Labute approximate surface area is 76.9 Å². The first-order chi connectivity index (χ1) is 6.59. The Balaban J connectivity index is 2.75. The van der Waals surface area contributed by atoms with Crippen LogP contribution in [0.1, 0.15) is 6.42 Å². The molecule has 14 heavy (non-hydrogen) atoms. The highest BCUT2D eigenvalue weighted by molar-refractivity contribution is 5.91. The Bertz CT molecular complexity index is 311. The molecule has 0 fully saturated rings. The van der Waals surface area contributed by atoms with Crippen molar-refractivity contribution in [3.63, 3.8) is 0 Å². The van der Waals surface area contributed by atoms with Gasteiger partial charge in [0.05, 0.1) is 5.10 Å². The molecule has 10 heteroatoms. The van der Waals surface area contributed by atoms with Gasteiger partial charge >= 0.3 is 0 Å². The molecule has 0 aromatic heterocycles. The monoisotopic (exact) mass is 202 g/mol. The molecule has 2 N–H and O–H groups in total. The van der Waals surface area contributed by atoms with E-state index in [4.69, 9.17) is 0 Å². The van der Waals surface area contributed by atoms with Crippen molar-refractivity contribution in [3.05, 3.63) is 20.2 Å². The van der Waals surface area contributed by atoms with Gasteiger partial charge in [-0.15, -0.1) is 5.43 Å². The summed E-state index contributed by atoms with van der Waals surface area (Å²) in [6, 6.07) is -0.854. The largest absolute Gasteiger partial charge is 0.258 e. The fraction of sp³-hybridized carbons (Fsp3) is 0.500. The van der Waals surface area contributed by atoms with Gasteiger partial charge in [0.15, 0.2) is 16.1 Å². The normalized spacial score (nSPS) is 22.9. The average Bonchev–Trinajstić information content (AvgIpc) is 2.06. The predicted octanol–water partition coefficient (Wildman–Crippen LogP) is -1.29. The zero-order valence-electron chi connectivity index (χ0n) is 6.78. The van der Waals surface area contributed by atoms with E-state index in [-0.39, 0.29) is 12.3 Å². The molecule has 1 rings (SSSR count). The van der Waals surface area contributed by atoms with Gasteiger partial charge in [-0.1, -0.05) is 0 Å². The second-order valence-electron chi connectivity index (χ2n) is 2.32. The summed E-state index contributed by atoms with van der Waals surface area (Å²) in [7, 11) is 0. The van der Waals surface area contributed by atoms with Crippen LogP contribution in [0.4, 0.5) is 0 Å². The molecule has 1 aliphatic heterocycles. The number of amidine groups is 1. The lowest BCUT2D eigenvalue weighted by atomic mass is 10.2. The van der Waals surface area contributed by atoms with Gasteiger partial charge in [-0.2, -0.15) is 5.10 Å². The summed E-state index contributed by atoms with van der Waals surface area (Å²) >= 11 is 0. The Morgan fingerprint density at radius 2 is 2.36 bits per heavy atom. The Morgan fingerprint density at radius 3 is 2.93 bits per heavy atom. The summed E-state index contributed by atoms with van der Waals surface area (Å²) in [5, 5.41) is 24.8. The van der Waals surface area contributed by atoms with Gasteiger partial charge in [0.1, 0.15) is 0 Å². The number of hydrazone groups is 2. The van der Waals surface area contributed by atoms with Crippen molar-refractivity contribution in [3.8, 4) is 0 Å². The van der Waals surface area contributed by atoms with Crippen molar-refractivity contribution in [1.29, 1.82) is 0 Å². The molecule has 0 radical (unpaired) electrons. The fourth-order valence-electron chi connectivity index (χ4n) is 0.881. The van der Waals surface area contributed by atoms with Crippen LogP contribution in [0.15, 0.2) is 10.2 Å². The molecule has 0 bridgehead atoms. The molecular formula is C4H6N6O4. The number of hydrogen-bond donors (Lipinski definition) is 2. The van der Waals surface area contributed by atoms with E-state index >= 15 is 0 Å². The average molecular weight is 202 g/mol. The van der Waals surface area contributed by atoms with Crippen LogP contribution in [0.25, 0.3) is 0 Å². The van der Waals surface area contributed by atoms with Crippen LogP contribution in [0.3, 0.4) is 0 Å². The van der Waals surface area contributed by atoms with E-state index in [1.807, 2.05) is 5.43 Å². The number of nitro groups is 2. The van der Waals surface area contributed by atoms with Crippen molar-refractivity contribution in [1.82, 2.24) is 10.9 Å². The maximum Gasteiger partial charge on any atom is 0.225 e. The molecular weight excluding hydrogens is 196 g/mol. The standard InChI is InChI=1S/C4H6N6O4/c11-9(12)7-3-1-2-5-6-4(3)8-10(13)14/h2-3,7H,1H2,(H,6,8). The molecule has 1 heterocycles. The van der Waals surface area contributed by atoms with Crippen LogP contribution >= 0.6 is 0 Å². The third-order valence-corrected chi connectivity index (χ3v) is 1.39. The highest BCUT2D eigenvalue weighted by Gasteiger charge is 2.25. The van der Waals surface area contributed by atoms with Crippen LogP contribution < -0.4 is 10.9 Å². The third kappa shape index (κ3) is 2.66. The number of hydrogen-bond acceptors (Lipinski definition) is 5.